The Morgan fingerprint density at radius 2 is 2.00 bits per heavy atom. The maximum atomic E-state index is 11.7. The van der Waals surface area contributed by atoms with Crippen LogP contribution < -0.4 is 5.73 Å². The number of anilines is 1. The van der Waals surface area contributed by atoms with Crippen LogP contribution in [-0.2, 0) is 4.74 Å². The molecular formula is C14H12ClNO2S. The topological polar surface area (TPSA) is 52.3 Å². The van der Waals surface area contributed by atoms with E-state index >= 15 is 0 Å². The minimum Gasteiger partial charge on any atom is -0.465 e. The summed E-state index contributed by atoms with van der Waals surface area (Å²) in [5.74, 6) is -0.406. The number of rotatable bonds is 3. The number of carbonyl (C=O) groups is 1. The lowest BCUT2D eigenvalue weighted by Gasteiger charge is -2.10. The van der Waals surface area contributed by atoms with Crippen LogP contribution in [0.1, 0.15) is 10.4 Å². The highest BCUT2D eigenvalue weighted by Crippen LogP contribution is 2.36. The van der Waals surface area contributed by atoms with Gasteiger partial charge in [0.2, 0.25) is 0 Å². The van der Waals surface area contributed by atoms with E-state index in [1.54, 1.807) is 24.3 Å². The molecule has 0 saturated heterocycles. The molecule has 98 valence electrons. The van der Waals surface area contributed by atoms with E-state index in [-0.39, 0.29) is 0 Å². The van der Waals surface area contributed by atoms with Gasteiger partial charge in [-0.3, -0.25) is 0 Å². The molecule has 2 N–H and O–H groups in total. The third kappa shape index (κ3) is 3.22. The molecule has 2 aromatic rings. The number of hydrogen-bond donors (Lipinski definition) is 1. The molecule has 0 heterocycles. The van der Waals surface area contributed by atoms with E-state index in [1.165, 1.54) is 18.9 Å². The van der Waals surface area contributed by atoms with Crippen molar-refractivity contribution >= 4 is 35.0 Å². The van der Waals surface area contributed by atoms with Crippen LogP contribution in [0.15, 0.2) is 52.3 Å². The molecule has 0 radical (unpaired) electrons. The van der Waals surface area contributed by atoms with Crippen LogP contribution in [0.25, 0.3) is 0 Å². The third-order valence-electron chi connectivity index (χ3n) is 2.47. The Labute approximate surface area is 120 Å². The van der Waals surface area contributed by atoms with Gasteiger partial charge in [-0.2, -0.15) is 0 Å². The molecular weight excluding hydrogens is 282 g/mol. The summed E-state index contributed by atoms with van der Waals surface area (Å²) in [5.41, 5.74) is 6.92. The highest BCUT2D eigenvalue weighted by atomic mass is 35.5. The molecule has 2 rings (SSSR count). The quantitative estimate of drug-likeness (QED) is 0.689. The first-order chi connectivity index (χ1) is 9.11. The Hall–Kier alpha value is -1.65. The molecule has 2 aromatic carbocycles. The second-order valence-corrected chi connectivity index (χ2v) is 5.30. The normalized spacial score (nSPS) is 10.2. The number of benzene rings is 2. The van der Waals surface area contributed by atoms with Crippen molar-refractivity contribution in [1.29, 1.82) is 0 Å². The molecule has 5 heteroatoms. The van der Waals surface area contributed by atoms with Gasteiger partial charge in [-0.05, 0) is 30.3 Å². The molecule has 0 aromatic heterocycles. The summed E-state index contributed by atoms with van der Waals surface area (Å²) in [4.78, 5) is 13.3. The molecule has 0 unspecified atom stereocenters. The van der Waals surface area contributed by atoms with Crippen molar-refractivity contribution in [3.63, 3.8) is 0 Å². The smallest absolute Gasteiger partial charge is 0.339 e. The highest BCUT2D eigenvalue weighted by molar-refractivity contribution is 7.99. The second-order valence-electron chi connectivity index (χ2n) is 3.77. The summed E-state index contributed by atoms with van der Waals surface area (Å²) in [6, 6.07) is 12.5. The van der Waals surface area contributed by atoms with Crippen LogP contribution in [0.2, 0.25) is 5.02 Å². The molecule has 0 aliphatic heterocycles. The monoisotopic (exact) mass is 293 g/mol. The summed E-state index contributed by atoms with van der Waals surface area (Å²) >= 11 is 7.33. The van der Waals surface area contributed by atoms with Crippen LogP contribution in [0.3, 0.4) is 0 Å². The number of carbonyl (C=O) groups excluding carboxylic acids is 1. The van der Waals surface area contributed by atoms with Crippen LogP contribution in [0.5, 0.6) is 0 Å². The Kier molecular flexibility index (Phi) is 4.35. The number of ether oxygens (including phenoxy) is 1. The summed E-state index contributed by atoms with van der Waals surface area (Å²) in [5, 5.41) is 0.638. The molecule has 0 bridgehead atoms. The SMILES string of the molecule is COC(=O)c1cccc(N)c1Sc1cccc(Cl)c1. The highest BCUT2D eigenvalue weighted by Gasteiger charge is 2.15. The maximum Gasteiger partial charge on any atom is 0.339 e. The molecule has 0 atom stereocenters. The number of esters is 1. The van der Waals surface area contributed by atoms with E-state index in [0.29, 0.717) is 21.2 Å². The number of nitrogen functional groups attached to an aromatic ring is 1. The van der Waals surface area contributed by atoms with Gasteiger partial charge in [-0.1, -0.05) is 35.5 Å². The van der Waals surface area contributed by atoms with E-state index in [1.807, 2.05) is 18.2 Å². The van der Waals surface area contributed by atoms with Gasteiger partial charge in [0.05, 0.1) is 12.7 Å². The summed E-state index contributed by atoms with van der Waals surface area (Å²) < 4.78 is 4.76. The number of nitrogens with two attached hydrogens (primary N) is 1. The Balaban J connectivity index is 2.41. The van der Waals surface area contributed by atoms with Crippen molar-refractivity contribution in [2.24, 2.45) is 0 Å². The first-order valence-electron chi connectivity index (χ1n) is 5.52. The molecule has 0 amide bonds. The molecule has 19 heavy (non-hydrogen) atoms. The van der Waals surface area contributed by atoms with Gasteiger partial charge in [0, 0.05) is 20.5 Å². The van der Waals surface area contributed by atoms with Crippen molar-refractivity contribution in [2.75, 3.05) is 12.8 Å². The van der Waals surface area contributed by atoms with Crippen molar-refractivity contribution in [1.82, 2.24) is 0 Å². The fraction of sp³-hybridized carbons (Fsp3) is 0.0714. The van der Waals surface area contributed by atoms with E-state index in [0.717, 1.165) is 4.90 Å². The van der Waals surface area contributed by atoms with Crippen molar-refractivity contribution < 1.29 is 9.53 Å². The van der Waals surface area contributed by atoms with Crippen LogP contribution in [0, 0.1) is 0 Å². The fourth-order valence-electron chi connectivity index (χ4n) is 1.59. The molecule has 0 aliphatic rings. The molecule has 3 nitrogen and oxygen atoms in total. The van der Waals surface area contributed by atoms with Gasteiger partial charge in [-0.15, -0.1) is 0 Å². The van der Waals surface area contributed by atoms with Crippen LogP contribution in [0.4, 0.5) is 5.69 Å². The molecule has 0 aliphatic carbocycles. The number of methoxy groups -OCH3 is 1. The zero-order chi connectivity index (χ0) is 13.8. The third-order valence-corrected chi connectivity index (χ3v) is 3.85. The lowest BCUT2D eigenvalue weighted by Crippen LogP contribution is -2.04. The zero-order valence-electron chi connectivity index (χ0n) is 10.2. The lowest BCUT2D eigenvalue weighted by atomic mass is 10.2. The predicted octanol–water partition coefficient (Wildman–Crippen LogP) is 3.86. The van der Waals surface area contributed by atoms with Crippen LogP contribution >= 0.6 is 23.4 Å². The van der Waals surface area contributed by atoms with Crippen LogP contribution in [-0.4, -0.2) is 13.1 Å². The standard InChI is InChI=1S/C14H12ClNO2S/c1-18-14(17)11-6-3-7-12(16)13(11)19-10-5-2-4-9(15)8-10/h2-8H,16H2,1H3. The Morgan fingerprint density at radius 3 is 2.68 bits per heavy atom. The second kappa shape index (κ2) is 5.99. The first-order valence-corrected chi connectivity index (χ1v) is 6.71. The summed E-state index contributed by atoms with van der Waals surface area (Å²) in [6.07, 6.45) is 0. The Bertz CT molecular complexity index is 616. The predicted molar refractivity (Wildman–Crippen MR) is 77.8 cm³/mol. The summed E-state index contributed by atoms with van der Waals surface area (Å²) in [6.45, 7) is 0. The first kappa shape index (κ1) is 13.8. The molecule has 0 fully saturated rings. The molecule has 0 spiro atoms. The molecule has 0 saturated carbocycles. The van der Waals surface area contributed by atoms with Gasteiger partial charge in [0.1, 0.15) is 0 Å². The van der Waals surface area contributed by atoms with E-state index in [2.05, 4.69) is 0 Å². The van der Waals surface area contributed by atoms with Gasteiger partial charge in [0.25, 0.3) is 0 Å². The van der Waals surface area contributed by atoms with Gasteiger partial charge < -0.3 is 10.5 Å². The minimum atomic E-state index is -0.406. The van der Waals surface area contributed by atoms with Gasteiger partial charge in [-0.25, -0.2) is 4.79 Å². The van der Waals surface area contributed by atoms with E-state index in [4.69, 9.17) is 22.1 Å². The van der Waals surface area contributed by atoms with Crippen molar-refractivity contribution in [3.8, 4) is 0 Å². The average molecular weight is 294 g/mol. The lowest BCUT2D eigenvalue weighted by molar-refractivity contribution is 0.0597. The van der Waals surface area contributed by atoms with Crippen molar-refractivity contribution in [2.45, 2.75) is 9.79 Å². The van der Waals surface area contributed by atoms with Gasteiger partial charge in [0.15, 0.2) is 0 Å². The maximum absolute atomic E-state index is 11.7. The summed E-state index contributed by atoms with van der Waals surface area (Å²) in [7, 11) is 1.35. The number of hydrogen-bond acceptors (Lipinski definition) is 4. The average Bonchev–Trinajstić information content (AvgIpc) is 2.40. The van der Waals surface area contributed by atoms with E-state index < -0.39 is 5.97 Å². The van der Waals surface area contributed by atoms with Gasteiger partial charge >= 0.3 is 5.97 Å². The largest absolute Gasteiger partial charge is 0.465 e. The minimum absolute atomic E-state index is 0.406. The van der Waals surface area contributed by atoms with Crippen molar-refractivity contribution in [3.05, 3.63) is 53.1 Å². The van der Waals surface area contributed by atoms with E-state index in [9.17, 15) is 4.79 Å². The Morgan fingerprint density at radius 1 is 1.26 bits per heavy atom. The fourth-order valence-corrected chi connectivity index (χ4v) is 2.86. The zero-order valence-corrected chi connectivity index (χ0v) is 11.8. The number of halogens is 1.